The first-order valence-corrected chi connectivity index (χ1v) is 8.94. The zero-order chi connectivity index (χ0) is 18.4. The standard InChI is InChI=1S/C20H18BrNO4/c1-2-24-16-9-5-15(6-10-16)22-20(23)19-12-11-18(26-19)13-25-17-7-3-14(21)4-8-17/h3-12H,2,13H2,1H3,(H,22,23). The minimum absolute atomic E-state index is 0.230. The Balaban J connectivity index is 1.56. The maximum Gasteiger partial charge on any atom is 0.291 e. The lowest BCUT2D eigenvalue weighted by molar-refractivity contribution is 0.0992. The second-order valence-corrected chi connectivity index (χ2v) is 6.34. The van der Waals surface area contributed by atoms with Crippen molar-refractivity contribution in [3.05, 3.63) is 76.7 Å². The Morgan fingerprint density at radius 2 is 1.62 bits per heavy atom. The molecule has 1 aromatic heterocycles. The highest BCUT2D eigenvalue weighted by atomic mass is 79.9. The molecule has 0 atom stereocenters. The van der Waals surface area contributed by atoms with E-state index in [1.165, 1.54) is 0 Å². The number of rotatable bonds is 7. The Morgan fingerprint density at radius 1 is 0.962 bits per heavy atom. The number of halogens is 1. The summed E-state index contributed by atoms with van der Waals surface area (Å²) in [7, 11) is 0. The highest BCUT2D eigenvalue weighted by Gasteiger charge is 2.12. The second-order valence-electron chi connectivity index (χ2n) is 5.42. The topological polar surface area (TPSA) is 60.7 Å². The number of nitrogens with one attached hydrogen (secondary N) is 1. The van der Waals surface area contributed by atoms with Crippen LogP contribution in [0.25, 0.3) is 0 Å². The van der Waals surface area contributed by atoms with Crippen LogP contribution in [0.2, 0.25) is 0 Å². The van der Waals surface area contributed by atoms with E-state index in [1.807, 2.05) is 31.2 Å². The van der Waals surface area contributed by atoms with E-state index in [0.29, 0.717) is 18.1 Å². The molecule has 1 N–H and O–H groups in total. The van der Waals surface area contributed by atoms with Crippen LogP contribution in [0, 0.1) is 0 Å². The molecule has 3 aromatic rings. The maximum atomic E-state index is 12.3. The Labute approximate surface area is 160 Å². The van der Waals surface area contributed by atoms with Crippen LogP contribution in [0.1, 0.15) is 23.2 Å². The first-order chi connectivity index (χ1) is 12.6. The monoisotopic (exact) mass is 415 g/mol. The predicted octanol–water partition coefficient (Wildman–Crippen LogP) is 5.27. The van der Waals surface area contributed by atoms with Gasteiger partial charge in [0.1, 0.15) is 23.9 Å². The molecule has 2 aromatic carbocycles. The predicted molar refractivity (Wildman–Crippen MR) is 103 cm³/mol. The van der Waals surface area contributed by atoms with Gasteiger partial charge in [-0.25, -0.2) is 0 Å². The van der Waals surface area contributed by atoms with Gasteiger partial charge in [0.2, 0.25) is 0 Å². The fourth-order valence-corrected chi connectivity index (χ4v) is 2.52. The van der Waals surface area contributed by atoms with Crippen LogP contribution in [0.3, 0.4) is 0 Å². The van der Waals surface area contributed by atoms with Gasteiger partial charge in [0.15, 0.2) is 5.76 Å². The molecule has 0 saturated heterocycles. The van der Waals surface area contributed by atoms with E-state index < -0.39 is 0 Å². The van der Waals surface area contributed by atoms with Gasteiger partial charge < -0.3 is 19.2 Å². The summed E-state index contributed by atoms with van der Waals surface area (Å²) >= 11 is 3.37. The van der Waals surface area contributed by atoms with Crippen LogP contribution < -0.4 is 14.8 Å². The molecule has 0 aliphatic heterocycles. The summed E-state index contributed by atoms with van der Waals surface area (Å²) in [5.41, 5.74) is 0.669. The summed E-state index contributed by atoms with van der Waals surface area (Å²) in [5, 5.41) is 2.79. The molecule has 0 unspecified atom stereocenters. The van der Waals surface area contributed by atoms with Crippen molar-refractivity contribution in [2.45, 2.75) is 13.5 Å². The molecule has 0 saturated carbocycles. The number of benzene rings is 2. The molecule has 0 fully saturated rings. The third kappa shape index (κ3) is 4.89. The van der Waals surface area contributed by atoms with E-state index in [-0.39, 0.29) is 18.3 Å². The van der Waals surface area contributed by atoms with E-state index in [0.717, 1.165) is 16.0 Å². The summed E-state index contributed by atoms with van der Waals surface area (Å²) in [6.07, 6.45) is 0. The summed E-state index contributed by atoms with van der Waals surface area (Å²) in [6.45, 7) is 2.77. The quantitative estimate of drug-likeness (QED) is 0.570. The minimum Gasteiger partial charge on any atom is -0.494 e. The number of hydrogen-bond donors (Lipinski definition) is 1. The largest absolute Gasteiger partial charge is 0.494 e. The van der Waals surface area contributed by atoms with Gasteiger partial charge in [-0.1, -0.05) is 15.9 Å². The molecule has 3 rings (SSSR count). The number of hydrogen-bond acceptors (Lipinski definition) is 4. The molecule has 0 radical (unpaired) electrons. The van der Waals surface area contributed by atoms with Gasteiger partial charge in [0, 0.05) is 10.2 Å². The average Bonchev–Trinajstić information content (AvgIpc) is 3.12. The molecule has 5 nitrogen and oxygen atoms in total. The van der Waals surface area contributed by atoms with E-state index in [9.17, 15) is 4.79 Å². The summed E-state index contributed by atoms with van der Waals surface area (Å²) < 4.78 is 17.5. The van der Waals surface area contributed by atoms with E-state index in [4.69, 9.17) is 13.9 Å². The fraction of sp³-hybridized carbons (Fsp3) is 0.150. The molecular weight excluding hydrogens is 398 g/mol. The van der Waals surface area contributed by atoms with Crippen molar-refractivity contribution < 1.29 is 18.7 Å². The van der Waals surface area contributed by atoms with Gasteiger partial charge in [0.05, 0.1) is 6.61 Å². The molecule has 0 aliphatic rings. The van der Waals surface area contributed by atoms with Gasteiger partial charge in [0.25, 0.3) is 5.91 Å². The molecule has 134 valence electrons. The van der Waals surface area contributed by atoms with Crippen LogP contribution in [0.5, 0.6) is 11.5 Å². The van der Waals surface area contributed by atoms with Gasteiger partial charge in [-0.05, 0) is 67.6 Å². The van der Waals surface area contributed by atoms with Crippen LogP contribution in [-0.2, 0) is 6.61 Å². The molecule has 6 heteroatoms. The highest BCUT2D eigenvalue weighted by molar-refractivity contribution is 9.10. The lowest BCUT2D eigenvalue weighted by Crippen LogP contribution is -2.10. The normalized spacial score (nSPS) is 10.4. The van der Waals surface area contributed by atoms with Crippen LogP contribution in [0.4, 0.5) is 5.69 Å². The van der Waals surface area contributed by atoms with Crippen molar-refractivity contribution in [1.29, 1.82) is 0 Å². The fourth-order valence-electron chi connectivity index (χ4n) is 2.26. The lowest BCUT2D eigenvalue weighted by Gasteiger charge is -2.06. The van der Waals surface area contributed by atoms with Crippen molar-refractivity contribution in [2.75, 3.05) is 11.9 Å². The average molecular weight is 416 g/mol. The smallest absolute Gasteiger partial charge is 0.291 e. The van der Waals surface area contributed by atoms with Crippen LogP contribution in [-0.4, -0.2) is 12.5 Å². The van der Waals surface area contributed by atoms with Gasteiger partial charge >= 0.3 is 0 Å². The Kier molecular flexibility index (Phi) is 5.96. The molecule has 0 bridgehead atoms. The van der Waals surface area contributed by atoms with Crippen molar-refractivity contribution >= 4 is 27.5 Å². The molecule has 0 aliphatic carbocycles. The number of furan rings is 1. The van der Waals surface area contributed by atoms with E-state index >= 15 is 0 Å². The van der Waals surface area contributed by atoms with Crippen molar-refractivity contribution in [3.8, 4) is 11.5 Å². The molecule has 1 heterocycles. The van der Waals surface area contributed by atoms with Crippen molar-refractivity contribution in [1.82, 2.24) is 0 Å². The van der Waals surface area contributed by atoms with Gasteiger partial charge in [-0.3, -0.25) is 4.79 Å². The van der Waals surface area contributed by atoms with Crippen molar-refractivity contribution in [3.63, 3.8) is 0 Å². The van der Waals surface area contributed by atoms with Gasteiger partial charge in [-0.15, -0.1) is 0 Å². The zero-order valence-electron chi connectivity index (χ0n) is 14.2. The van der Waals surface area contributed by atoms with Crippen LogP contribution >= 0.6 is 15.9 Å². The highest BCUT2D eigenvalue weighted by Crippen LogP contribution is 2.19. The van der Waals surface area contributed by atoms with E-state index in [1.54, 1.807) is 36.4 Å². The first kappa shape index (κ1) is 18.1. The Bertz CT molecular complexity index is 856. The molecule has 0 spiro atoms. The Hall–Kier alpha value is -2.73. The molecule has 1 amide bonds. The molecule has 26 heavy (non-hydrogen) atoms. The summed E-state index contributed by atoms with van der Waals surface area (Å²) in [4.78, 5) is 12.3. The zero-order valence-corrected chi connectivity index (χ0v) is 15.8. The number of carbonyl (C=O) groups excluding carboxylic acids is 1. The SMILES string of the molecule is CCOc1ccc(NC(=O)c2ccc(COc3ccc(Br)cc3)o2)cc1. The first-order valence-electron chi connectivity index (χ1n) is 8.15. The van der Waals surface area contributed by atoms with E-state index in [2.05, 4.69) is 21.2 Å². The van der Waals surface area contributed by atoms with Crippen LogP contribution in [0.15, 0.2) is 69.6 Å². The maximum absolute atomic E-state index is 12.3. The molecular formula is C20H18BrNO4. The summed E-state index contributed by atoms with van der Waals surface area (Å²) in [5.74, 6) is 1.97. The number of carbonyl (C=O) groups is 1. The summed E-state index contributed by atoms with van der Waals surface area (Å²) in [6, 6.07) is 18.0. The Morgan fingerprint density at radius 3 is 2.31 bits per heavy atom. The van der Waals surface area contributed by atoms with Gasteiger partial charge in [-0.2, -0.15) is 0 Å². The number of ether oxygens (including phenoxy) is 2. The minimum atomic E-state index is -0.316. The number of amides is 1. The third-order valence-corrected chi connectivity index (χ3v) is 4.03. The third-order valence-electron chi connectivity index (χ3n) is 3.50. The number of anilines is 1. The second kappa shape index (κ2) is 8.58. The lowest BCUT2D eigenvalue weighted by atomic mass is 10.3. The van der Waals surface area contributed by atoms with Crippen molar-refractivity contribution in [2.24, 2.45) is 0 Å².